The van der Waals surface area contributed by atoms with Gasteiger partial charge in [0, 0.05) is 38.4 Å². The predicted molar refractivity (Wildman–Crippen MR) is 159 cm³/mol. The normalized spacial score (nSPS) is 11.1. The molecule has 2 amide bonds. The molecule has 0 radical (unpaired) electrons. The van der Waals surface area contributed by atoms with Gasteiger partial charge in [0.2, 0.25) is 11.8 Å². The lowest BCUT2D eigenvalue weighted by molar-refractivity contribution is -0.384. The maximum absolute atomic E-state index is 13.7. The second kappa shape index (κ2) is 14.0. The van der Waals surface area contributed by atoms with Crippen molar-refractivity contribution in [3.05, 3.63) is 128 Å². The Hall–Kier alpha value is -5.09. The number of nitro groups is 1. The van der Waals surface area contributed by atoms with E-state index in [0.717, 1.165) is 11.1 Å². The second-order valence-electron chi connectivity index (χ2n) is 9.76. The molecular formula is C32H31N3O7. The first-order valence-electron chi connectivity index (χ1n) is 13.3. The largest absolute Gasteiger partial charge is 0.464 e. The van der Waals surface area contributed by atoms with Crippen molar-refractivity contribution in [2.75, 3.05) is 26.8 Å². The Morgan fingerprint density at radius 2 is 1.74 bits per heavy atom. The lowest BCUT2D eigenvalue weighted by Gasteiger charge is -2.27. The van der Waals surface area contributed by atoms with E-state index < -0.39 is 10.8 Å². The third-order valence-electron chi connectivity index (χ3n) is 6.66. The first-order chi connectivity index (χ1) is 20.2. The number of fused-ring (bicyclic) bond motifs is 1. The van der Waals surface area contributed by atoms with Crippen LogP contribution in [0, 0.1) is 17.0 Å². The highest BCUT2D eigenvalue weighted by Crippen LogP contribution is 2.16. The highest BCUT2D eigenvalue weighted by Gasteiger charge is 2.22. The molecule has 0 aliphatic heterocycles. The molecule has 0 saturated carbocycles. The van der Waals surface area contributed by atoms with Crippen LogP contribution in [0.15, 0.2) is 94.3 Å². The molecule has 0 bridgehead atoms. The van der Waals surface area contributed by atoms with Crippen molar-refractivity contribution in [3.63, 3.8) is 0 Å². The molecular weight excluding hydrogens is 538 g/mol. The molecule has 216 valence electrons. The molecule has 4 rings (SSSR count). The van der Waals surface area contributed by atoms with Gasteiger partial charge in [-0.05, 0) is 48.4 Å². The third kappa shape index (κ3) is 7.76. The summed E-state index contributed by atoms with van der Waals surface area (Å²) in [6.45, 7) is 2.20. The van der Waals surface area contributed by atoms with E-state index in [1.165, 1.54) is 59.6 Å². The fourth-order valence-corrected chi connectivity index (χ4v) is 4.35. The van der Waals surface area contributed by atoms with Crippen molar-refractivity contribution in [2.45, 2.75) is 20.0 Å². The Kier molecular flexibility index (Phi) is 9.96. The van der Waals surface area contributed by atoms with Gasteiger partial charge in [-0.3, -0.25) is 24.5 Å². The van der Waals surface area contributed by atoms with E-state index in [-0.39, 0.29) is 49.8 Å². The maximum Gasteiger partial charge on any atom is 0.269 e. The van der Waals surface area contributed by atoms with Gasteiger partial charge in [-0.15, -0.1) is 0 Å². The summed E-state index contributed by atoms with van der Waals surface area (Å²) in [7, 11) is 1.50. The van der Waals surface area contributed by atoms with Gasteiger partial charge in [0.1, 0.15) is 12.1 Å². The van der Waals surface area contributed by atoms with Crippen molar-refractivity contribution in [2.24, 2.45) is 0 Å². The molecule has 0 N–H and O–H groups in total. The molecule has 3 aromatic carbocycles. The minimum absolute atomic E-state index is 0.00904. The predicted octanol–water partition coefficient (Wildman–Crippen LogP) is 4.73. The number of methoxy groups -OCH3 is 1. The summed E-state index contributed by atoms with van der Waals surface area (Å²) < 4.78 is 10.9. The van der Waals surface area contributed by atoms with E-state index in [0.29, 0.717) is 22.1 Å². The molecule has 0 saturated heterocycles. The quantitative estimate of drug-likeness (QED) is 0.137. The van der Waals surface area contributed by atoms with Crippen molar-refractivity contribution >= 4 is 34.5 Å². The fourth-order valence-electron chi connectivity index (χ4n) is 4.35. The number of nitro benzene ring substituents is 1. The number of non-ortho nitro benzene ring substituents is 1. The van der Waals surface area contributed by atoms with Gasteiger partial charge in [0.25, 0.3) is 5.69 Å². The Morgan fingerprint density at radius 1 is 1.00 bits per heavy atom. The molecule has 10 heteroatoms. The topological polar surface area (TPSA) is 123 Å². The van der Waals surface area contributed by atoms with E-state index >= 15 is 0 Å². The highest BCUT2D eigenvalue weighted by molar-refractivity contribution is 5.94. The number of carbonyl (C=O) groups is 2. The second-order valence-corrected chi connectivity index (χ2v) is 9.76. The van der Waals surface area contributed by atoms with Crippen molar-refractivity contribution in [1.29, 1.82) is 0 Å². The van der Waals surface area contributed by atoms with E-state index in [1.807, 2.05) is 43.3 Å². The van der Waals surface area contributed by atoms with E-state index in [4.69, 9.17) is 9.15 Å². The third-order valence-corrected chi connectivity index (χ3v) is 6.66. The Balaban J connectivity index is 1.57. The molecule has 0 fully saturated rings. The zero-order valence-corrected chi connectivity index (χ0v) is 23.4. The lowest BCUT2D eigenvalue weighted by atomic mass is 10.1. The standard InChI is InChI=1S/C32H31N3O7/c1-23-8-14-29-28(18-23)32(38)26(22-42-29)20-34(19-25-6-4-3-5-7-25)31(37)21-33(16-17-41-2)30(36)15-11-24-9-12-27(13-10-24)35(39)40/h3-15,18,22H,16-17,19-21H2,1-2H3/b15-11+. The minimum atomic E-state index is -0.499. The van der Waals surface area contributed by atoms with Gasteiger partial charge in [-0.2, -0.15) is 0 Å². The first-order valence-corrected chi connectivity index (χ1v) is 13.3. The fraction of sp³-hybridized carbons (Fsp3) is 0.219. The Morgan fingerprint density at radius 3 is 2.43 bits per heavy atom. The summed E-state index contributed by atoms with van der Waals surface area (Å²) in [5.41, 5.74) is 2.88. The number of nitrogens with zero attached hydrogens (tertiary/aromatic N) is 3. The number of amides is 2. The van der Waals surface area contributed by atoms with Crippen LogP contribution in [0.2, 0.25) is 0 Å². The molecule has 0 spiro atoms. The van der Waals surface area contributed by atoms with Crippen LogP contribution in [0.25, 0.3) is 17.0 Å². The highest BCUT2D eigenvalue weighted by atomic mass is 16.6. The molecule has 0 unspecified atom stereocenters. The van der Waals surface area contributed by atoms with Crippen LogP contribution in [0.4, 0.5) is 5.69 Å². The summed E-state index contributed by atoms with van der Waals surface area (Å²) in [6.07, 6.45) is 4.22. The first kappa shape index (κ1) is 29.9. The maximum atomic E-state index is 13.7. The molecule has 0 aliphatic carbocycles. The number of hydrogen-bond acceptors (Lipinski definition) is 7. The van der Waals surface area contributed by atoms with E-state index in [9.17, 15) is 24.5 Å². The molecule has 4 aromatic rings. The molecule has 1 heterocycles. The number of rotatable bonds is 12. The van der Waals surface area contributed by atoms with Gasteiger partial charge >= 0.3 is 0 Å². The van der Waals surface area contributed by atoms with Gasteiger partial charge in [-0.25, -0.2) is 0 Å². The van der Waals surface area contributed by atoms with Crippen LogP contribution in [0.1, 0.15) is 22.3 Å². The van der Waals surface area contributed by atoms with Crippen LogP contribution in [0.3, 0.4) is 0 Å². The van der Waals surface area contributed by atoms with Gasteiger partial charge in [-0.1, -0.05) is 42.0 Å². The van der Waals surface area contributed by atoms with Crippen LogP contribution in [0.5, 0.6) is 0 Å². The smallest absolute Gasteiger partial charge is 0.269 e. The number of aryl methyl sites for hydroxylation is 1. The number of benzene rings is 3. The zero-order chi connectivity index (χ0) is 30.1. The monoisotopic (exact) mass is 569 g/mol. The summed E-state index contributed by atoms with van der Waals surface area (Å²) in [6, 6.07) is 20.5. The Bertz CT molecular complexity index is 1650. The molecule has 1 aromatic heterocycles. The van der Waals surface area contributed by atoms with Crippen LogP contribution in [-0.2, 0) is 27.4 Å². The summed E-state index contributed by atoms with van der Waals surface area (Å²) in [4.78, 5) is 53.5. The van der Waals surface area contributed by atoms with E-state index in [2.05, 4.69) is 0 Å². The molecule has 42 heavy (non-hydrogen) atoms. The lowest BCUT2D eigenvalue weighted by Crippen LogP contribution is -2.43. The SMILES string of the molecule is COCCN(CC(=O)N(Cc1ccccc1)Cc1coc2ccc(C)cc2c1=O)C(=O)/C=C/c1ccc([N+](=O)[O-])cc1. The minimum Gasteiger partial charge on any atom is -0.464 e. The van der Waals surface area contributed by atoms with Crippen molar-refractivity contribution in [3.8, 4) is 0 Å². The van der Waals surface area contributed by atoms with Crippen molar-refractivity contribution in [1.82, 2.24) is 9.80 Å². The average molecular weight is 570 g/mol. The van der Waals surface area contributed by atoms with Gasteiger partial charge in [0.05, 0.1) is 35.3 Å². The number of ether oxygens (including phenoxy) is 1. The molecule has 0 atom stereocenters. The van der Waals surface area contributed by atoms with Crippen LogP contribution in [-0.4, -0.2) is 53.3 Å². The number of carbonyl (C=O) groups excluding carboxylic acids is 2. The van der Waals surface area contributed by atoms with Crippen LogP contribution < -0.4 is 5.43 Å². The summed E-state index contributed by atoms with van der Waals surface area (Å²) in [5.74, 6) is -0.796. The van der Waals surface area contributed by atoms with Gasteiger partial charge in [0.15, 0.2) is 5.43 Å². The average Bonchev–Trinajstić information content (AvgIpc) is 2.99. The van der Waals surface area contributed by atoms with Crippen molar-refractivity contribution < 1.29 is 23.7 Å². The molecule has 0 aliphatic rings. The van der Waals surface area contributed by atoms with Crippen LogP contribution >= 0.6 is 0 Å². The molecule has 10 nitrogen and oxygen atoms in total. The van der Waals surface area contributed by atoms with Gasteiger partial charge < -0.3 is 19.0 Å². The van der Waals surface area contributed by atoms with E-state index in [1.54, 1.807) is 12.1 Å². The number of hydrogen-bond donors (Lipinski definition) is 0. The summed E-state index contributed by atoms with van der Waals surface area (Å²) >= 11 is 0. The summed E-state index contributed by atoms with van der Waals surface area (Å²) in [5, 5.41) is 11.3. The Labute approximate surface area is 242 Å². The zero-order valence-electron chi connectivity index (χ0n) is 23.4.